The lowest BCUT2D eigenvalue weighted by Gasteiger charge is -2.16. The number of ether oxygens (including phenoxy) is 2. The fraction of sp³-hybridized carbons (Fsp3) is 1.00. The molecule has 0 aromatic heterocycles. The summed E-state index contributed by atoms with van der Waals surface area (Å²) in [5.74, 6) is 2.15. The molecule has 14 heavy (non-hydrogen) atoms. The molecule has 0 fully saturated rings. The molecule has 0 aliphatic rings. The minimum atomic E-state index is 0.474. The highest BCUT2D eigenvalue weighted by atomic mass is 32.2. The normalized spacial score (nSPS) is 13.1. The monoisotopic (exact) mass is 221 g/mol. The van der Waals surface area contributed by atoms with Crippen molar-refractivity contribution in [2.75, 3.05) is 45.5 Å². The SMILES string of the molecule is CCCNC(COC)CSCCOC. The highest BCUT2D eigenvalue weighted by molar-refractivity contribution is 7.99. The van der Waals surface area contributed by atoms with Crippen molar-refractivity contribution in [3.8, 4) is 0 Å². The molecule has 0 aromatic rings. The van der Waals surface area contributed by atoms with E-state index in [9.17, 15) is 0 Å². The van der Waals surface area contributed by atoms with Gasteiger partial charge < -0.3 is 14.8 Å². The van der Waals surface area contributed by atoms with E-state index < -0.39 is 0 Å². The predicted octanol–water partition coefficient (Wildman–Crippen LogP) is 1.38. The Morgan fingerprint density at radius 2 is 2.07 bits per heavy atom. The van der Waals surface area contributed by atoms with Crippen molar-refractivity contribution in [3.63, 3.8) is 0 Å². The van der Waals surface area contributed by atoms with Crippen LogP contribution in [0.1, 0.15) is 13.3 Å². The van der Waals surface area contributed by atoms with Gasteiger partial charge in [0.25, 0.3) is 0 Å². The van der Waals surface area contributed by atoms with Gasteiger partial charge in [0, 0.05) is 31.8 Å². The molecule has 4 heteroatoms. The van der Waals surface area contributed by atoms with Crippen LogP contribution in [0.25, 0.3) is 0 Å². The van der Waals surface area contributed by atoms with Gasteiger partial charge in [-0.05, 0) is 13.0 Å². The highest BCUT2D eigenvalue weighted by Gasteiger charge is 2.06. The molecule has 0 saturated carbocycles. The van der Waals surface area contributed by atoms with Crippen LogP contribution in [0.4, 0.5) is 0 Å². The largest absolute Gasteiger partial charge is 0.384 e. The van der Waals surface area contributed by atoms with E-state index >= 15 is 0 Å². The zero-order valence-corrected chi connectivity index (χ0v) is 10.4. The van der Waals surface area contributed by atoms with Gasteiger partial charge in [0.1, 0.15) is 0 Å². The highest BCUT2D eigenvalue weighted by Crippen LogP contribution is 2.03. The number of hydrogen-bond donors (Lipinski definition) is 1. The van der Waals surface area contributed by atoms with E-state index in [0.29, 0.717) is 6.04 Å². The molecule has 1 atom stereocenters. The average Bonchev–Trinajstić information content (AvgIpc) is 2.20. The molecule has 0 heterocycles. The first-order valence-electron chi connectivity index (χ1n) is 5.14. The molecule has 0 aromatic carbocycles. The van der Waals surface area contributed by atoms with Crippen molar-refractivity contribution in [3.05, 3.63) is 0 Å². The van der Waals surface area contributed by atoms with Crippen molar-refractivity contribution >= 4 is 11.8 Å². The minimum absolute atomic E-state index is 0.474. The molecule has 86 valence electrons. The fourth-order valence-electron chi connectivity index (χ4n) is 1.08. The second-order valence-electron chi connectivity index (χ2n) is 3.17. The Morgan fingerprint density at radius 3 is 2.64 bits per heavy atom. The van der Waals surface area contributed by atoms with E-state index in [2.05, 4.69) is 12.2 Å². The third-order valence-corrected chi connectivity index (χ3v) is 2.90. The average molecular weight is 221 g/mol. The van der Waals surface area contributed by atoms with Crippen LogP contribution in [-0.4, -0.2) is 51.5 Å². The lowest BCUT2D eigenvalue weighted by molar-refractivity contribution is 0.173. The number of nitrogens with one attached hydrogen (secondary N) is 1. The second kappa shape index (κ2) is 11.3. The molecule has 1 N–H and O–H groups in total. The predicted molar refractivity (Wildman–Crippen MR) is 63.2 cm³/mol. The smallest absolute Gasteiger partial charge is 0.0623 e. The third-order valence-electron chi connectivity index (χ3n) is 1.80. The van der Waals surface area contributed by atoms with Crippen molar-refractivity contribution in [2.24, 2.45) is 0 Å². The van der Waals surface area contributed by atoms with E-state index in [1.54, 1.807) is 14.2 Å². The quantitative estimate of drug-likeness (QED) is 0.565. The Morgan fingerprint density at radius 1 is 1.29 bits per heavy atom. The Hall–Kier alpha value is 0.230. The Bertz CT molecular complexity index is 114. The summed E-state index contributed by atoms with van der Waals surface area (Å²) in [5.41, 5.74) is 0. The maximum absolute atomic E-state index is 5.15. The number of methoxy groups -OCH3 is 2. The first kappa shape index (κ1) is 14.2. The van der Waals surface area contributed by atoms with Crippen molar-refractivity contribution in [1.82, 2.24) is 5.32 Å². The summed E-state index contributed by atoms with van der Waals surface area (Å²) in [5, 5.41) is 3.46. The summed E-state index contributed by atoms with van der Waals surface area (Å²) in [6.45, 7) is 4.87. The molecule has 0 radical (unpaired) electrons. The Labute approximate surface area is 91.9 Å². The van der Waals surface area contributed by atoms with Gasteiger partial charge in [-0.25, -0.2) is 0 Å². The van der Waals surface area contributed by atoms with E-state index in [0.717, 1.165) is 31.3 Å². The second-order valence-corrected chi connectivity index (χ2v) is 4.32. The summed E-state index contributed by atoms with van der Waals surface area (Å²) in [7, 11) is 3.49. The van der Waals surface area contributed by atoms with Gasteiger partial charge in [0.05, 0.1) is 13.2 Å². The van der Waals surface area contributed by atoms with Gasteiger partial charge in [-0.3, -0.25) is 0 Å². The molecule has 3 nitrogen and oxygen atoms in total. The van der Waals surface area contributed by atoms with Crippen LogP contribution in [0, 0.1) is 0 Å². The van der Waals surface area contributed by atoms with Crippen LogP contribution >= 0.6 is 11.8 Å². The van der Waals surface area contributed by atoms with Crippen LogP contribution in [0.3, 0.4) is 0 Å². The van der Waals surface area contributed by atoms with Gasteiger partial charge in [-0.2, -0.15) is 11.8 Å². The molecular weight excluding hydrogens is 198 g/mol. The van der Waals surface area contributed by atoms with Crippen molar-refractivity contribution in [2.45, 2.75) is 19.4 Å². The summed E-state index contributed by atoms with van der Waals surface area (Å²) < 4.78 is 10.1. The van der Waals surface area contributed by atoms with Gasteiger partial charge in [0.15, 0.2) is 0 Å². The van der Waals surface area contributed by atoms with Crippen LogP contribution in [0.5, 0.6) is 0 Å². The van der Waals surface area contributed by atoms with Crippen molar-refractivity contribution in [1.29, 1.82) is 0 Å². The number of hydrogen-bond acceptors (Lipinski definition) is 4. The maximum atomic E-state index is 5.15. The molecule has 0 amide bonds. The molecule has 1 unspecified atom stereocenters. The van der Waals surface area contributed by atoms with Crippen LogP contribution in [0.15, 0.2) is 0 Å². The molecule has 0 bridgehead atoms. The first-order valence-corrected chi connectivity index (χ1v) is 6.29. The summed E-state index contributed by atoms with van der Waals surface area (Å²) in [6, 6.07) is 0.474. The Balaban J connectivity index is 3.40. The molecule has 0 aliphatic carbocycles. The maximum Gasteiger partial charge on any atom is 0.0623 e. The first-order chi connectivity index (χ1) is 6.85. The molecule has 0 rings (SSSR count). The minimum Gasteiger partial charge on any atom is -0.384 e. The summed E-state index contributed by atoms with van der Waals surface area (Å²) in [6.07, 6.45) is 1.17. The molecule has 0 aliphatic heterocycles. The zero-order valence-electron chi connectivity index (χ0n) is 9.54. The molecule has 0 spiro atoms. The number of thioether (sulfide) groups is 1. The summed E-state index contributed by atoms with van der Waals surface area (Å²) >= 11 is 1.91. The van der Waals surface area contributed by atoms with Gasteiger partial charge in [-0.1, -0.05) is 6.92 Å². The lowest BCUT2D eigenvalue weighted by Crippen LogP contribution is -2.36. The lowest BCUT2D eigenvalue weighted by atomic mass is 10.3. The van der Waals surface area contributed by atoms with Gasteiger partial charge in [-0.15, -0.1) is 0 Å². The van der Waals surface area contributed by atoms with E-state index in [1.807, 2.05) is 11.8 Å². The van der Waals surface area contributed by atoms with Crippen LogP contribution in [0.2, 0.25) is 0 Å². The topological polar surface area (TPSA) is 30.5 Å². The van der Waals surface area contributed by atoms with Crippen molar-refractivity contribution < 1.29 is 9.47 Å². The van der Waals surface area contributed by atoms with E-state index in [4.69, 9.17) is 9.47 Å². The standard InChI is InChI=1S/C10H23NO2S/c1-4-5-11-10(8-13-3)9-14-7-6-12-2/h10-11H,4-9H2,1-3H3. The van der Waals surface area contributed by atoms with Gasteiger partial charge in [0.2, 0.25) is 0 Å². The fourth-order valence-corrected chi connectivity index (χ4v) is 2.03. The van der Waals surface area contributed by atoms with E-state index in [1.165, 1.54) is 6.42 Å². The molecule has 0 saturated heterocycles. The number of rotatable bonds is 10. The summed E-state index contributed by atoms with van der Waals surface area (Å²) in [4.78, 5) is 0. The van der Waals surface area contributed by atoms with Crippen LogP contribution < -0.4 is 5.32 Å². The third kappa shape index (κ3) is 8.81. The zero-order chi connectivity index (χ0) is 10.6. The van der Waals surface area contributed by atoms with Crippen LogP contribution in [-0.2, 0) is 9.47 Å². The molecular formula is C10H23NO2S. The van der Waals surface area contributed by atoms with E-state index in [-0.39, 0.29) is 0 Å². The van der Waals surface area contributed by atoms with Gasteiger partial charge >= 0.3 is 0 Å². The Kier molecular flexibility index (Phi) is 11.5.